The normalized spacial score (nSPS) is 16.7. The fraction of sp³-hybridized carbons (Fsp3) is 0.586. The fourth-order valence-corrected chi connectivity index (χ4v) is 7.53. The first-order chi connectivity index (χ1) is 19.2. The number of benzene rings is 1. The molecule has 2 heterocycles. The lowest BCUT2D eigenvalue weighted by Gasteiger charge is -2.35. The van der Waals surface area contributed by atoms with Crippen molar-refractivity contribution in [2.45, 2.75) is 68.5 Å². The predicted molar refractivity (Wildman–Crippen MR) is 154 cm³/mol. The number of fused-ring (bicyclic) bond motifs is 1. The van der Waals surface area contributed by atoms with Crippen molar-refractivity contribution in [3.8, 4) is 6.07 Å². The van der Waals surface area contributed by atoms with E-state index in [0.29, 0.717) is 49.2 Å². The fourth-order valence-electron chi connectivity index (χ4n) is 5.15. The summed E-state index contributed by atoms with van der Waals surface area (Å²) in [5.41, 5.74) is 2.16. The van der Waals surface area contributed by atoms with E-state index in [1.54, 1.807) is 50.1 Å². The highest BCUT2D eigenvalue weighted by Gasteiger charge is 2.61. The van der Waals surface area contributed by atoms with Gasteiger partial charge in [-0.2, -0.15) is 10.4 Å². The third-order valence-electron chi connectivity index (χ3n) is 8.19. The maximum atomic E-state index is 13.9. The van der Waals surface area contributed by atoms with Gasteiger partial charge in [-0.1, -0.05) is 12.1 Å². The van der Waals surface area contributed by atoms with E-state index in [-0.39, 0.29) is 36.8 Å². The molecule has 0 bridgehead atoms. The molecule has 1 aromatic heterocycles. The number of hydrogen-bond donors (Lipinski definition) is 2. The molecule has 1 aliphatic heterocycles. The summed E-state index contributed by atoms with van der Waals surface area (Å²) in [6, 6.07) is 8.97. The second-order valence-corrected chi connectivity index (χ2v) is 15.3. The van der Waals surface area contributed by atoms with Crippen molar-refractivity contribution in [2.75, 3.05) is 33.4 Å². The van der Waals surface area contributed by atoms with Crippen molar-refractivity contribution in [1.82, 2.24) is 25.3 Å². The lowest BCUT2D eigenvalue weighted by Crippen LogP contribution is -2.52. The maximum absolute atomic E-state index is 13.9. The third kappa shape index (κ3) is 6.03. The van der Waals surface area contributed by atoms with Crippen molar-refractivity contribution in [1.29, 1.82) is 5.26 Å². The van der Waals surface area contributed by atoms with Crippen LogP contribution in [0.5, 0.6) is 0 Å². The minimum absolute atomic E-state index is 0.0585. The van der Waals surface area contributed by atoms with E-state index >= 15 is 0 Å². The van der Waals surface area contributed by atoms with E-state index in [1.807, 2.05) is 20.9 Å². The van der Waals surface area contributed by atoms with Gasteiger partial charge in [-0.05, 0) is 71.7 Å². The summed E-state index contributed by atoms with van der Waals surface area (Å²) in [6.07, 6.45) is 1.38. The van der Waals surface area contributed by atoms with Gasteiger partial charge in [-0.15, -0.1) is 0 Å². The van der Waals surface area contributed by atoms with E-state index in [2.05, 4.69) is 21.8 Å². The molecule has 4 rings (SSSR count). The highest BCUT2D eigenvalue weighted by Crippen LogP contribution is 2.49. The maximum Gasteiger partial charge on any atom is 0.272 e. The van der Waals surface area contributed by atoms with Gasteiger partial charge in [0.25, 0.3) is 11.8 Å². The first kappa shape index (κ1) is 30.7. The Balaban J connectivity index is 1.44. The highest BCUT2D eigenvalue weighted by molar-refractivity contribution is 7.94. The third-order valence-corrected chi connectivity index (χ3v) is 11.4. The van der Waals surface area contributed by atoms with Crippen LogP contribution in [-0.2, 0) is 34.6 Å². The number of ether oxygens (including phenoxy) is 1. The molecule has 11 nitrogen and oxygen atoms in total. The van der Waals surface area contributed by atoms with Crippen LogP contribution >= 0.6 is 0 Å². The molecule has 1 aromatic carbocycles. The Hall–Kier alpha value is -3.27. The van der Waals surface area contributed by atoms with Gasteiger partial charge < -0.3 is 20.3 Å². The summed E-state index contributed by atoms with van der Waals surface area (Å²) in [6.45, 7) is 8.43. The van der Waals surface area contributed by atoms with Crippen LogP contribution in [-0.4, -0.2) is 83.3 Å². The molecule has 0 spiro atoms. The van der Waals surface area contributed by atoms with Crippen molar-refractivity contribution in [3.05, 3.63) is 52.3 Å². The average Bonchev–Trinajstić information content (AvgIpc) is 3.64. The van der Waals surface area contributed by atoms with Crippen LogP contribution in [0.3, 0.4) is 0 Å². The van der Waals surface area contributed by atoms with Gasteiger partial charge >= 0.3 is 0 Å². The van der Waals surface area contributed by atoms with Crippen LogP contribution < -0.4 is 10.6 Å². The van der Waals surface area contributed by atoms with E-state index in [0.717, 1.165) is 5.56 Å². The van der Waals surface area contributed by atoms with E-state index in [9.17, 15) is 18.0 Å². The number of amides is 2. The van der Waals surface area contributed by atoms with E-state index in [4.69, 9.17) is 10.00 Å². The number of sulfone groups is 1. The number of aromatic nitrogens is 2. The molecular formula is C29H40N6O5S. The predicted octanol–water partition coefficient (Wildman–Crippen LogP) is 1.96. The van der Waals surface area contributed by atoms with Crippen LogP contribution in [0.15, 0.2) is 24.3 Å². The Bertz CT molecular complexity index is 1470. The standard InChI is InChI=1S/C29H40N6O5S/c1-27(2,31-5)18-40-19-28(3,4)41(38,39)29(12-13-29)17-35-14-11-22-23(33-34(6)24(22)26(35)37)25(36)32-16-21-9-7-20(15-30)8-10-21/h7-10,31H,11-14,16-19H2,1-6H3,(H,32,36). The molecular weight excluding hydrogens is 544 g/mol. The number of aryl methyl sites for hydroxylation is 1. The number of rotatable bonds is 12. The quantitative estimate of drug-likeness (QED) is 0.385. The highest BCUT2D eigenvalue weighted by atomic mass is 32.2. The second kappa shape index (κ2) is 11.2. The number of nitrogens with one attached hydrogen (secondary N) is 2. The molecule has 2 aromatic rings. The molecule has 2 N–H and O–H groups in total. The molecule has 222 valence electrons. The van der Waals surface area contributed by atoms with Gasteiger partial charge in [-0.3, -0.25) is 14.3 Å². The van der Waals surface area contributed by atoms with Crippen molar-refractivity contribution < 1.29 is 22.7 Å². The summed E-state index contributed by atoms with van der Waals surface area (Å²) in [5.74, 6) is -0.712. The van der Waals surface area contributed by atoms with Gasteiger partial charge in [0.2, 0.25) is 0 Å². The van der Waals surface area contributed by atoms with Crippen LogP contribution in [0.1, 0.15) is 78.2 Å². The van der Waals surface area contributed by atoms with Gasteiger partial charge in [0.1, 0.15) is 5.69 Å². The molecule has 2 amide bonds. The van der Waals surface area contributed by atoms with Crippen LogP contribution in [0.2, 0.25) is 0 Å². The molecule has 1 aliphatic carbocycles. The Kier molecular flexibility index (Phi) is 8.38. The molecule has 0 saturated heterocycles. The molecule has 0 unspecified atom stereocenters. The van der Waals surface area contributed by atoms with Crippen molar-refractivity contribution in [2.24, 2.45) is 7.05 Å². The Morgan fingerprint density at radius 1 is 1.17 bits per heavy atom. The van der Waals surface area contributed by atoms with E-state index in [1.165, 1.54) is 4.68 Å². The van der Waals surface area contributed by atoms with Gasteiger partial charge in [0.05, 0.1) is 34.3 Å². The number of nitrogens with zero attached hydrogens (tertiary/aromatic N) is 4. The number of nitriles is 1. The SMILES string of the molecule is CNC(C)(C)COCC(C)(C)S(=O)(=O)C1(CN2CCc3c(C(=O)NCc4ccc(C#N)cc4)nn(C)c3C2=O)CC1. The zero-order valence-corrected chi connectivity index (χ0v) is 25.5. The topological polar surface area (TPSA) is 146 Å². The zero-order valence-electron chi connectivity index (χ0n) is 24.7. The van der Waals surface area contributed by atoms with Crippen LogP contribution in [0.4, 0.5) is 0 Å². The van der Waals surface area contributed by atoms with E-state index < -0.39 is 25.2 Å². The van der Waals surface area contributed by atoms with Gasteiger partial charge in [0, 0.05) is 37.8 Å². The number of hydrogen-bond acceptors (Lipinski definition) is 8. The monoisotopic (exact) mass is 584 g/mol. The van der Waals surface area contributed by atoms with Crippen LogP contribution in [0.25, 0.3) is 0 Å². The number of carbonyl (C=O) groups is 2. The molecule has 1 fully saturated rings. The van der Waals surface area contributed by atoms with Crippen molar-refractivity contribution in [3.63, 3.8) is 0 Å². The molecule has 12 heteroatoms. The zero-order chi connectivity index (χ0) is 30.2. The summed E-state index contributed by atoms with van der Waals surface area (Å²) < 4.78 is 32.8. The molecule has 0 atom stereocenters. The van der Waals surface area contributed by atoms with Gasteiger partial charge in [-0.25, -0.2) is 8.42 Å². The molecule has 2 aliphatic rings. The number of likely N-dealkylation sites (N-methyl/N-ethyl adjacent to an activating group) is 1. The van der Waals surface area contributed by atoms with Crippen molar-refractivity contribution >= 4 is 21.7 Å². The first-order valence-corrected chi connectivity index (χ1v) is 15.3. The lowest BCUT2D eigenvalue weighted by molar-refractivity contribution is 0.0707. The minimum atomic E-state index is -3.65. The average molecular weight is 585 g/mol. The Labute approximate surface area is 242 Å². The molecule has 0 radical (unpaired) electrons. The van der Waals surface area contributed by atoms with Gasteiger partial charge in [0.15, 0.2) is 15.5 Å². The Morgan fingerprint density at radius 2 is 1.83 bits per heavy atom. The Morgan fingerprint density at radius 3 is 2.41 bits per heavy atom. The number of carbonyl (C=O) groups excluding carboxylic acids is 2. The molecule has 41 heavy (non-hydrogen) atoms. The summed E-state index contributed by atoms with van der Waals surface area (Å²) in [4.78, 5) is 28.2. The smallest absolute Gasteiger partial charge is 0.272 e. The summed E-state index contributed by atoms with van der Waals surface area (Å²) in [5, 5.41) is 19.3. The second-order valence-electron chi connectivity index (χ2n) is 12.3. The van der Waals surface area contributed by atoms with Crippen LogP contribution in [0, 0.1) is 11.3 Å². The molecule has 1 saturated carbocycles. The summed E-state index contributed by atoms with van der Waals surface area (Å²) >= 11 is 0. The summed E-state index contributed by atoms with van der Waals surface area (Å²) in [7, 11) is -0.198. The lowest BCUT2D eigenvalue weighted by atomic mass is 10.0. The first-order valence-electron chi connectivity index (χ1n) is 13.8. The largest absolute Gasteiger partial charge is 0.378 e. The minimum Gasteiger partial charge on any atom is -0.378 e.